The molecule has 1 aliphatic carbocycles. The number of hydrogen-bond donors (Lipinski definition) is 2. The topological polar surface area (TPSA) is 84.9 Å². The molecule has 34 heavy (non-hydrogen) atoms. The predicted octanol–water partition coefficient (Wildman–Crippen LogP) is 5.74. The Kier molecular flexibility index (Phi) is 4.82. The van der Waals surface area contributed by atoms with E-state index >= 15 is 0 Å². The molecule has 2 aliphatic rings. The Morgan fingerprint density at radius 3 is 2.41 bits per heavy atom. The molecule has 9 heteroatoms. The Morgan fingerprint density at radius 2 is 1.74 bits per heavy atom. The molecule has 176 valence electrons. The van der Waals surface area contributed by atoms with E-state index in [0.717, 1.165) is 11.6 Å². The Bertz CT molecular complexity index is 1360. The predicted molar refractivity (Wildman–Crippen MR) is 118 cm³/mol. The monoisotopic (exact) mass is 471 g/mol. The lowest BCUT2D eigenvalue weighted by Crippen LogP contribution is -2.28. The first-order valence-electron chi connectivity index (χ1n) is 10.4. The summed E-state index contributed by atoms with van der Waals surface area (Å²) in [5.74, 6) is -2.73. The van der Waals surface area contributed by atoms with Crippen molar-refractivity contribution in [1.29, 1.82) is 0 Å². The summed E-state index contributed by atoms with van der Waals surface area (Å²) in [6.45, 7) is 1.81. The molecule has 0 saturated heterocycles. The number of aryl methyl sites for hydroxylation is 1. The SMILES string of the molecule is Cc1ccc(NC(=O)C2(c3ccc4c(c3)OC(F)(F)O4)CC2)cc1-c1ccc(C(=O)O)c(F)c1.[HH]. The van der Waals surface area contributed by atoms with Crippen LogP contribution in [0.5, 0.6) is 11.5 Å². The minimum absolute atomic E-state index is 0. The number of nitrogens with one attached hydrogen (secondary N) is 1. The summed E-state index contributed by atoms with van der Waals surface area (Å²) in [7, 11) is 0. The molecule has 1 heterocycles. The van der Waals surface area contributed by atoms with Crippen LogP contribution in [0.15, 0.2) is 54.6 Å². The molecule has 3 aromatic carbocycles. The van der Waals surface area contributed by atoms with Gasteiger partial charge < -0.3 is 19.9 Å². The van der Waals surface area contributed by atoms with Gasteiger partial charge in [-0.2, -0.15) is 0 Å². The average Bonchev–Trinajstić information content (AvgIpc) is 3.52. The zero-order valence-electron chi connectivity index (χ0n) is 17.8. The van der Waals surface area contributed by atoms with Crippen LogP contribution in [-0.4, -0.2) is 23.3 Å². The molecular formula is C25H20F3NO5. The maximum Gasteiger partial charge on any atom is 0.586 e. The quantitative estimate of drug-likeness (QED) is 0.496. The highest BCUT2D eigenvalue weighted by Gasteiger charge is 2.52. The van der Waals surface area contributed by atoms with Gasteiger partial charge in [0.1, 0.15) is 5.82 Å². The molecule has 0 aromatic heterocycles. The molecule has 1 fully saturated rings. The summed E-state index contributed by atoms with van der Waals surface area (Å²) in [5, 5.41) is 11.9. The van der Waals surface area contributed by atoms with Crippen molar-refractivity contribution in [2.45, 2.75) is 31.5 Å². The summed E-state index contributed by atoms with van der Waals surface area (Å²) in [5.41, 5.74) is 1.60. The third-order valence-corrected chi connectivity index (χ3v) is 6.14. The zero-order chi connectivity index (χ0) is 24.3. The van der Waals surface area contributed by atoms with Gasteiger partial charge in [0.05, 0.1) is 11.0 Å². The van der Waals surface area contributed by atoms with Crippen LogP contribution < -0.4 is 14.8 Å². The molecule has 3 aromatic rings. The van der Waals surface area contributed by atoms with E-state index in [1.807, 2.05) is 6.92 Å². The molecule has 1 amide bonds. The van der Waals surface area contributed by atoms with Crippen molar-refractivity contribution in [3.05, 3.63) is 77.1 Å². The van der Waals surface area contributed by atoms with E-state index in [-0.39, 0.29) is 18.8 Å². The van der Waals surface area contributed by atoms with E-state index < -0.39 is 29.1 Å². The first-order chi connectivity index (χ1) is 16.1. The Morgan fingerprint density at radius 1 is 1.00 bits per heavy atom. The van der Waals surface area contributed by atoms with E-state index in [0.29, 0.717) is 35.2 Å². The number of carboxylic acid groups (broad SMARTS) is 1. The summed E-state index contributed by atoms with van der Waals surface area (Å²) in [4.78, 5) is 24.3. The number of benzene rings is 3. The fourth-order valence-electron chi connectivity index (χ4n) is 4.14. The molecule has 0 spiro atoms. The van der Waals surface area contributed by atoms with Gasteiger partial charge >= 0.3 is 12.3 Å². The van der Waals surface area contributed by atoms with E-state index in [9.17, 15) is 22.8 Å². The van der Waals surface area contributed by atoms with Crippen LogP contribution in [0.25, 0.3) is 11.1 Å². The summed E-state index contributed by atoms with van der Waals surface area (Å²) < 4.78 is 49.8. The number of hydrogen-bond acceptors (Lipinski definition) is 4. The normalized spacial score (nSPS) is 16.7. The fraction of sp³-hybridized carbons (Fsp3) is 0.200. The van der Waals surface area contributed by atoms with Crippen LogP contribution in [0.4, 0.5) is 18.9 Å². The number of carbonyl (C=O) groups is 2. The number of rotatable bonds is 5. The first-order valence-corrected chi connectivity index (χ1v) is 10.4. The zero-order valence-corrected chi connectivity index (χ0v) is 17.8. The van der Waals surface area contributed by atoms with Crippen LogP contribution in [0, 0.1) is 12.7 Å². The number of alkyl halides is 2. The molecule has 0 unspecified atom stereocenters. The first kappa shape index (κ1) is 21.8. The molecule has 0 atom stereocenters. The van der Waals surface area contributed by atoms with E-state index in [2.05, 4.69) is 14.8 Å². The molecule has 0 bridgehead atoms. The maximum absolute atomic E-state index is 14.2. The second-order valence-electron chi connectivity index (χ2n) is 8.39. The number of aromatic carboxylic acids is 1. The Hall–Kier alpha value is -4.01. The van der Waals surface area contributed by atoms with Gasteiger partial charge in [0.25, 0.3) is 0 Å². The largest absolute Gasteiger partial charge is 0.586 e. The van der Waals surface area contributed by atoms with Crippen molar-refractivity contribution >= 4 is 17.6 Å². The lowest BCUT2D eigenvalue weighted by molar-refractivity contribution is -0.286. The number of amides is 1. The second-order valence-corrected chi connectivity index (χ2v) is 8.39. The van der Waals surface area contributed by atoms with Crippen LogP contribution in [0.2, 0.25) is 0 Å². The molecule has 1 saturated carbocycles. The van der Waals surface area contributed by atoms with Crippen LogP contribution in [-0.2, 0) is 10.2 Å². The number of carboxylic acids is 1. The third kappa shape index (κ3) is 3.72. The number of halogens is 3. The van der Waals surface area contributed by atoms with Crippen molar-refractivity contribution in [2.24, 2.45) is 0 Å². The number of fused-ring (bicyclic) bond motifs is 1. The van der Waals surface area contributed by atoms with Gasteiger partial charge in [-0.25, -0.2) is 9.18 Å². The molecule has 0 radical (unpaired) electrons. The maximum atomic E-state index is 14.2. The van der Waals surface area contributed by atoms with E-state index in [1.54, 1.807) is 24.3 Å². The smallest absolute Gasteiger partial charge is 0.478 e. The van der Waals surface area contributed by atoms with Gasteiger partial charge in [0.2, 0.25) is 5.91 Å². The summed E-state index contributed by atoms with van der Waals surface area (Å²) in [6, 6.07) is 13.3. The van der Waals surface area contributed by atoms with Crippen molar-refractivity contribution in [3.8, 4) is 22.6 Å². The van der Waals surface area contributed by atoms with Crippen LogP contribution >= 0.6 is 0 Å². The highest BCUT2D eigenvalue weighted by atomic mass is 19.3. The number of carbonyl (C=O) groups excluding carboxylic acids is 1. The average molecular weight is 471 g/mol. The van der Waals surface area contributed by atoms with Gasteiger partial charge in [0.15, 0.2) is 11.5 Å². The van der Waals surface area contributed by atoms with Gasteiger partial charge in [-0.1, -0.05) is 18.2 Å². The van der Waals surface area contributed by atoms with Crippen LogP contribution in [0.1, 0.15) is 35.8 Å². The molecular weight excluding hydrogens is 451 g/mol. The summed E-state index contributed by atoms with van der Waals surface area (Å²) in [6.07, 6.45) is -2.66. The lowest BCUT2D eigenvalue weighted by Gasteiger charge is -2.17. The highest BCUT2D eigenvalue weighted by molar-refractivity contribution is 6.02. The summed E-state index contributed by atoms with van der Waals surface area (Å²) >= 11 is 0. The van der Waals surface area contributed by atoms with Gasteiger partial charge in [-0.15, -0.1) is 8.78 Å². The third-order valence-electron chi connectivity index (χ3n) is 6.14. The molecule has 6 nitrogen and oxygen atoms in total. The van der Waals surface area contributed by atoms with Crippen LogP contribution in [0.3, 0.4) is 0 Å². The van der Waals surface area contributed by atoms with E-state index in [4.69, 9.17) is 5.11 Å². The Labute approximate surface area is 193 Å². The fourth-order valence-corrected chi connectivity index (χ4v) is 4.14. The Balaban J connectivity index is 0.00000289. The van der Waals surface area contributed by atoms with Gasteiger partial charge in [-0.05, 0) is 78.4 Å². The number of ether oxygens (including phenoxy) is 2. The minimum Gasteiger partial charge on any atom is -0.478 e. The van der Waals surface area contributed by atoms with Gasteiger partial charge in [-0.3, -0.25) is 4.79 Å². The van der Waals surface area contributed by atoms with Gasteiger partial charge in [0, 0.05) is 7.11 Å². The lowest BCUT2D eigenvalue weighted by atomic mass is 9.94. The molecule has 2 N–H and O–H groups in total. The van der Waals surface area contributed by atoms with Crippen molar-refractivity contribution < 1.29 is 38.8 Å². The van der Waals surface area contributed by atoms with Crippen molar-refractivity contribution in [3.63, 3.8) is 0 Å². The molecule has 5 rings (SSSR count). The van der Waals surface area contributed by atoms with E-state index in [1.165, 1.54) is 24.3 Å². The molecule has 1 aliphatic heterocycles. The highest BCUT2D eigenvalue weighted by Crippen LogP contribution is 2.52. The standard InChI is InChI=1S/C25H18F3NO5.H2/c1-13-2-5-16(12-18(13)14-3-6-17(22(30)31)19(26)10-14)29-23(32)24(8-9-24)15-4-7-20-21(11-15)34-25(27,28)33-20;/h2-7,10-12H,8-9H2,1H3,(H,29,32)(H,30,31);1H. The number of anilines is 1. The minimum atomic E-state index is -3.74. The second kappa shape index (κ2) is 7.51. The van der Waals surface area contributed by atoms with Crippen molar-refractivity contribution in [1.82, 2.24) is 0 Å². The van der Waals surface area contributed by atoms with Crippen molar-refractivity contribution in [2.75, 3.05) is 5.32 Å².